The first-order valence-corrected chi connectivity index (χ1v) is 10.3. The van der Waals surface area contributed by atoms with Crippen molar-refractivity contribution in [3.05, 3.63) is 30.1 Å². The molecule has 2 heterocycles. The molecule has 2 aliphatic rings. The molecular weight excluding hydrogens is 359 g/mol. The third-order valence-electron chi connectivity index (χ3n) is 5.72. The topological polar surface area (TPSA) is 58.1 Å². The Bertz CT molecular complexity index is 626. The highest BCUT2D eigenvalue weighted by atomic mass is 19.1. The predicted octanol–water partition coefficient (Wildman–Crippen LogP) is 2.40. The number of aliphatic imine (C=N–C) groups is 1. The van der Waals surface area contributed by atoms with Gasteiger partial charge in [0.15, 0.2) is 5.96 Å². The minimum Gasteiger partial charge on any atom is -0.489 e. The fourth-order valence-electron chi connectivity index (χ4n) is 4.04. The van der Waals surface area contributed by atoms with E-state index in [0.29, 0.717) is 12.3 Å². The number of hydrogen-bond donors (Lipinski definition) is 2. The lowest BCUT2D eigenvalue weighted by Crippen LogP contribution is -2.58. The third kappa shape index (κ3) is 5.58. The van der Waals surface area contributed by atoms with Crippen LogP contribution >= 0.6 is 0 Å². The van der Waals surface area contributed by atoms with E-state index in [-0.39, 0.29) is 17.5 Å². The molecule has 2 N–H and O–H groups in total. The molecule has 3 rings (SSSR count). The van der Waals surface area contributed by atoms with Crippen molar-refractivity contribution in [1.82, 2.24) is 15.5 Å². The number of guanidine groups is 1. The number of ether oxygens (including phenoxy) is 2. The Morgan fingerprint density at radius 3 is 2.54 bits per heavy atom. The number of hydrogen-bond acceptors (Lipinski definition) is 4. The maximum Gasteiger partial charge on any atom is 0.191 e. The Balaban J connectivity index is 1.48. The third-order valence-corrected chi connectivity index (χ3v) is 5.72. The number of nitrogens with zero attached hydrogens (tertiary/aromatic N) is 2. The van der Waals surface area contributed by atoms with E-state index in [1.165, 1.54) is 38.1 Å². The zero-order chi connectivity index (χ0) is 19.8. The van der Waals surface area contributed by atoms with E-state index in [4.69, 9.17) is 9.47 Å². The van der Waals surface area contributed by atoms with Crippen molar-refractivity contribution in [2.75, 3.05) is 46.4 Å². The molecule has 1 aromatic carbocycles. The second-order valence-electron chi connectivity index (χ2n) is 7.72. The first-order chi connectivity index (χ1) is 13.6. The number of nitrogens with one attached hydrogen (secondary N) is 2. The van der Waals surface area contributed by atoms with Crippen LogP contribution in [0.5, 0.6) is 5.75 Å². The zero-order valence-corrected chi connectivity index (χ0v) is 17.0. The molecule has 1 unspecified atom stereocenters. The van der Waals surface area contributed by atoms with Crippen LogP contribution in [0.2, 0.25) is 0 Å². The first-order valence-electron chi connectivity index (χ1n) is 10.3. The summed E-state index contributed by atoms with van der Waals surface area (Å²) in [6.45, 7) is 7.46. The van der Waals surface area contributed by atoms with E-state index in [1.807, 2.05) is 6.92 Å². The van der Waals surface area contributed by atoms with E-state index in [0.717, 1.165) is 38.6 Å². The number of benzene rings is 1. The monoisotopic (exact) mass is 392 g/mol. The molecule has 0 aliphatic carbocycles. The summed E-state index contributed by atoms with van der Waals surface area (Å²) in [5.41, 5.74) is 0.155. The second kappa shape index (κ2) is 10.1. The van der Waals surface area contributed by atoms with Gasteiger partial charge in [0, 0.05) is 32.3 Å². The Hall–Kier alpha value is -1.86. The van der Waals surface area contributed by atoms with Crippen LogP contribution in [0, 0.1) is 5.82 Å². The van der Waals surface area contributed by atoms with E-state index in [1.54, 1.807) is 19.2 Å². The average Bonchev–Trinajstić information content (AvgIpc) is 3.26. The molecule has 7 heteroatoms. The van der Waals surface area contributed by atoms with E-state index in [2.05, 4.69) is 20.5 Å². The Kier molecular flexibility index (Phi) is 7.50. The summed E-state index contributed by atoms with van der Waals surface area (Å²) in [5, 5.41) is 6.86. The van der Waals surface area contributed by atoms with Gasteiger partial charge in [0.25, 0.3) is 0 Å². The highest BCUT2D eigenvalue weighted by Crippen LogP contribution is 2.30. The summed E-state index contributed by atoms with van der Waals surface area (Å²) in [6, 6.07) is 6.09. The van der Waals surface area contributed by atoms with E-state index >= 15 is 0 Å². The molecule has 0 saturated carbocycles. The van der Waals surface area contributed by atoms with Gasteiger partial charge in [-0.15, -0.1) is 0 Å². The van der Waals surface area contributed by atoms with Gasteiger partial charge in [-0.05, 0) is 70.0 Å². The van der Waals surface area contributed by atoms with Gasteiger partial charge < -0.3 is 20.1 Å². The second-order valence-corrected chi connectivity index (χ2v) is 7.72. The van der Waals surface area contributed by atoms with Gasteiger partial charge in [-0.1, -0.05) is 0 Å². The van der Waals surface area contributed by atoms with Crippen molar-refractivity contribution in [3.8, 4) is 5.75 Å². The van der Waals surface area contributed by atoms with Gasteiger partial charge in [0.1, 0.15) is 17.7 Å². The van der Waals surface area contributed by atoms with Crippen LogP contribution in [0.15, 0.2) is 29.3 Å². The summed E-state index contributed by atoms with van der Waals surface area (Å²) >= 11 is 0. The van der Waals surface area contributed by atoms with Crippen LogP contribution < -0.4 is 15.4 Å². The molecule has 0 spiro atoms. The summed E-state index contributed by atoms with van der Waals surface area (Å²) in [4.78, 5) is 7.00. The van der Waals surface area contributed by atoms with Crippen molar-refractivity contribution in [1.29, 1.82) is 0 Å². The van der Waals surface area contributed by atoms with Gasteiger partial charge >= 0.3 is 0 Å². The summed E-state index contributed by atoms with van der Waals surface area (Å²) in [6.07, 6.45) is 4.61. The van der Waals surface area contributed by atoms with Crippen molar-refractivity contribution < 1.29 is 13.9 Å². The summed E-state index contributed by atoms with van der Waals surface area (Å²) < 4.78 is 24.4. The fraction of sp³-hybridized carbons (Fsp3) is 0.667. The Labute approximate surface area is 167 Å². The smallest absolute Gasteiger partial charge is 0.191 e. The van der Waals surface area contributed by atoms with E-state index < -0.39 is 0 Å². The lowest BCUT2D eigenvalue weighted by molar-refractivity contribution is -0.0164. The maximum absolute atomic E-state index is 13.0. The van der Waals surface area contributed by atoms with Crippen LogP contribution in [-0.4, -0.2) is 68.9 Å². The largest absolute Gasteiger partial charge is 0.489 e. The molecule has 2 fully saturated rings. The quantitative estimate of drug-likeness (QED) is 0.551. The normalized spacial score (nSPS) is 21.3. The van der Waals surface area contributed by atoms with Crippen molar-refractivity contribution in [2.45, 2.75) is 44.2 Å². The van der Waals surface area contributed by atoms with Crippen molar-refractivity contribution in [2.24, 2.45) is 4.99 Å². The van der Waals surface area contributed by atoms with Crippen LogP contribution in [0.3, 0.4) is 0 Å². The minimum atomic E-state index is -0.261. The zero-order valence-electron chi connectivity index (χ0n) is 17.0. The van der Waals surface area contributed by atoms with Gasteiger partial charge in [-0.3, -0.25) is 9.89 Å². The lowest BCUT2D eigenvalue weighted by Gasteiger charge is -2.45. The fourth-order valence-corrected chi connectivity index (χ4v) is 4.04. The van der Waals surface area contributed by atoms with Gasteiger partial charge in [0.2, 0.25) is 0 Å². The van der Waals surface area contributed by atoms with Crippen LogP contribution in [0.1, 0.15) is 32.6 Å². The van der Waals surface area contributed by atoms with Gasteiger partial charge in [0.05, 0.1) is 6.54 Å². The van der Waals surface area contributed by atoms with Crippen LogP contribution in [0.4, 0.5) is 4.39 Å². The summed E-state index contributed by atoms with van der Waals surface area (Å²) in [5.74, 6) is 1.18. The molecule has 2 saturated heterocycles. The molecule has 1 atom stereocenters. The average molecular weight is 393 g/mol. The molecule has 28 heavy (non-hydrogen) atoms. The SMILES string of the molecule is CN=C(NCC(C)Oc1ccc(F)cc1)NCC1(N2CCCC2)CCOCC1. The molecule has 0 aromatic heterocycles. The number of halogens is 1. The van der Waals surface area contributed by atoms with Gasteiger partial charge in [-0.2, -0.15) is 0 Å². The molecular formula is C21H33FN4O2. The van der Waals surface area contributed by atoms with E-state index in [9.17, 15) is 4.39 Å². The van der Waals surface area contributed by atoms with Crippen molar-refractivity contribution >= 4 is 5.96 Å². The Morgan fingerprint density at radius 1 is 1.21 bits per heavy atom. The van der Waals surface area contributed by atoms with Crippen LogP contribution in [0.25, 0.3) is 0 Å². The molecule has 156 valence electrons. The minimum absolute atomic E-state index is 0.0698. The highest BCUT2D eigenvalue weighted by molar-refractivity contribution is 5.79. The predicted molar refractivity (Wildman–Crippen MR) is 109 cm³/mol. The number of likely N-dealkylation sites (tertiary alicyclic amines) is 1. The standard InChI is InChI=1S/C21H33FN4O2/c1-17(28-19-7-5-18(22)6-8-19)15-24-20(23-2)25-16-21(9-13-27-14-10-21)26-11-3-4-12-26/h5-8,17H,3-4,9-16H2,1-2H3,(H2,23,24,25). The maximum atomic E-state index is 13.0. The van der Waals surface area contributed by atoms with Gasteiger partial charge in [-0.25, -0.2) is 4.39 Å². The molecule has 1 aromatic rings. The molecule has 0 radical (unpaired) electrons. The molecule has 0 amide bonds. The van der Waals surface area contributed by atoms with Crippen molar-refractivity contribution in [3.63, 3.8) is 0 Å². The molecule has 6 nitrogen and oxygen atoms in total. The molecule has 2 aliphatic heterocycles. The molecule has 0 bridgehead atoms. The summed E-state index contributed by atoms with van der Waals surface area (Å²) in [7, 11) is 1.79. The lowest BCUT2D eigenvalue weighted by atomic mass is 9.88. The Morgan fingerprint density at radius 2 is 1.89 bits per heavy atom. The van der Waals surface area contributed by atoms with Crippen LogP contribution in [-0.2, 0) is 4.74 Å². The first kappa shape index (κ1) is 20.9. The highest BCUT2D eigenvalue weighted by Gasteiger charge is 2.39. The number of rotatable bonds is 7.